The molecule has 0 saturated carbocycles. The number of ether oxygens (including phenoxy) is 2. The van der Waals surface area contributed by atoms with Crippen LogP contribution in [-0.4, -0.2) is 40.5 Å². The van der Waals surface area contributed by atoms with Gasteiger partial charge in [0, 0.05) is 49.4 Å². The van der Waals surface area contributed by atoms with Crippen molar-refractivity contribution in [3.8, 4) is 5.75 Å². The third-order valence-corrected chi connectivity index (χ3v) is 6.59. The molecule has 1 fully saturated rings. The lowest BCUT2D eigenvalue weighted by Crippen LogP contribution is -2.83. The molecular weight excluding hydrogens is 372 g/mol. The molecule has 1 heterocycles. The number of benzene rings is 2. The number of hydrogen-bond acceptors (Lipinski definition) is 3. The van der Waals surface area contributed by atoms with Crippen LogP contribution in [0.25, 0.3) is 0 Å². The van der Waals surface area contributed by atoms with Gasteiger partial charge in [0.15, 0.2) is 0 Å². The maximum absolute atomic E-state index is 6.14. The van der Waals surface area contributed by atoms with Crippen molar-refractivity contribution >= 4 is 5.69 Å². The van der Waals surface area contributed by atoms with Crippen LogP contribution in [0, 0.1) is 5.92 Å². The third-order valence-electron chi connectivity index (χ3n) is 6.59. The predicted octanol–water partition coefficient (Wildman–Crippen LogP) is 3.99. The number of quaternary nitrogens is 1. The minimum Gasteiger partial charge on any atom is -0.496 e. The Morgan fingerprint density at radius 3 is 2.53 bits per heavy atom. The van der Waals surface area contributed by atoms with Gasteiger partial charge in [0.2, 0.25) is 0 Å². The summed E-state index contributed by atoms with van der Waals surface area (Å²) in [5.41, 5.74) is 4.09. The first kappa shape index (κ1) is 22.6. The Morgan fingerprint density at radius 1 is 1.13 bits per heavy atom. The largest absolute Gasteiger partial charge is 0.496 e. The minimum absolute atomic E-state index is 0.116. The summed E-state index contributed by atoms with van der Waals surface area (Å²) in [6.07, 6.45) is 3.57. The van der Waals surface area contributed by atoms with E-state index in [0.29, 0.717) is 12.0 Å². The van der Waals surface area contributed by atoms with Gasteiger partial charge in [-0.15, -0.1) is 0 Å². The first-order chi connectivity index (χ1) is 14.4. The summed E-state index contributed by atoms with van der Waals surface area (Å²) in [5, 5.41) is 2.45. The molecule has 2 aromatic carbocycles. The predicted molar refractivity (Wildman–Crippen MR) is 124 cm³/mol. The summed E-state index contributed by atoms with van der Waals surface area (Å²) in [6.45, 7) is 7.48. The Morgan fingerprint density at radius 2 is 1.87 bits per heavy atom. The van der Waals surface area contributed by atoms with Crippen molar-refractivity contribution in [1.82, 2.24) is 0 Å². The number of hydrogen-bond donors (Lipinski definition) is 1. The molecule has 2 aromatic rings. The van der Waals surface area contributed by atoms with Gasteiger partial charge >= 0.3 is 0 Å². The molecule has 3 rings (SSSR count). The molecule has 0 aliphatic carbocycles. The Labute approximate surface area is 182 Å². The van der Waals surface area contributed by atoms with Crippen LogP contribution in [-0.2, 0) is 16.7 Å². The standard InChI is InChI=1S/C26H38N2O2/c1-20(2)25-18-26(15-17-30-25,23-8-6-7-9-24(23)29-5)14-16-27-19-21-10-12-22(13-11-21)28(3)4/h6-13,20,25,27H,14-19H2,1-5H3/p+1/t25-,26-/m1/s1. The molecule has 1 aliphatic rings. The summed E-state index contributed by atoms with van der Waals surface area (Å²) in [5.74, 6) is 1.54. The maximum atomic E-state index is 6.14. The van der Waals surface area contributed by atoms with Gasteiger partial charge in [-0.3, -0.25) is 0 Å². The number of para-hydroxylation sites is 1. The Kier molecular flexibility index (Phi) is 7.79. The summed E-state index contributed by atoms with van der Waals surface area (Å²) in [6, 6.07) is 17.5. The summed E-state index contributed by atoms with van der Waals surface area (Å²) >= 11 is 0. The smallest absolute Gasteiger partial charge is 0.122 e. The molecule has 1 aliphatic heterocycles. The van der Waals surface area contributed by atoms with E-state index in [1.54, 1.807) is 7.11 Å². The van der Waals surface area contributed by atoms with Crippen molar-refractivity contribution in [1.29, 1.82) is 0 Å². The number of nitrogens with zero attached hydrogens (tertiary/aromatic N) is 1. The second kappa shape index (κ2) is 10.3. The molecule has 2 atom stereocenters. The molecule has 0 amide bonds. The highest BCUT2D eigenvalue weighted by molar-refractivity contribution is 5.45. The van der Waals surface area contributed by atoms with Gasteiger partial charge in [-0.25, -0.2) is 0 Å². The van der Waals surface area contributed by atoms with Crippen molar-refractivity contribution in [2.75, 3.05) is 39.3 Å². The van der Waals surface area contributed by atoms with Gasteiger partial charge in [-0.2, -0.15) is 0 Å². The van der Waals surface area contributed by atoms with Crippen molar-refractivity contribution in [3.05, 3.63) is 59.7 Å². The topological polar surface area (TPSA) is 38.3 Å². The van der Waals surface area contributed by atoms with E-state index in [-0.39, 0.29) is 5.41 Å². The van der Waals surface area contributed by atoms with Crippen molar-refractivity contribution in [3.63, 3.8) is 0 Å². The fourth-order valence-corrected chi connectivity index (χ4v) is 4.65. The van der Waals surface area contributed by atoms with Gasteiger partial charge < -0.3 is 19.7 Å². The van der Waals surface area contributed by atoms with Gasteiger partial charge in [0.05, 0.1) is 19.8 Å². The SMILES string of the molecule is COc1ccccc1[C@]1(CC[NH2+]Cc2ccc(N(C)C)cc2)CCO[C@@H](C(C)C)C1. The van der Waals surface area contributed by atoms with Crippen molar-refractivity contribution in [2.45, 2.75) is 51.2 Å². The summed E-state index contributed by atoms with van der Waals surface area (Å²) in [4.78, 5) is 2.14. The van der Waals surface area contributed by atoms with Crippen LogP contribution >= 0.6 is 0 Å². The summed E-state index contributed by atoms with van der Waals surface area (Å²) in [7, 11) is 5.95. The van der Waals surface area contributed by atoms with E-state index in [2.05, 4.69) is 86.7 Å². The van der Waals surface area contributed by atoms with E-state index < -0.39 is 0 Å². The highest BCUT2D eigenvalue weighted by Gasteiger charge is 2.41. The zero-order chi connectivity index (χ0) is 21.6. The fraction of sp³-hybridized carbons (Fsp3) is 0.538. The molecule has 0 spiro atoms. The van der Waals surface area contributed by atoms with Gasteiger partial charge in [0.1, 0.15) is 12.3 Å². The lowest BCUT2D eigenvalue weighted by molar-refractivity contribution is -0.671. The van der Waals surface area contributed by atoms with Gasteiger partial charge in [0.25, 0.3) is 0 Å². The normalized spacial score (nSPS) is 21.6. The Hall–Kier alpha value is -2.04. The number of methoxy groups -OCH3 is 1. The highest BCUT2D eigenvalue weighted by Crippen LogP contribution is 2.44. The van der Waals surface area contributed by atoms with Crippen molar-refractivity contribution in [2.24, 2.45) is 5.92 Å². The molecule has 1 saturated heterocycles. The Balaban J connectivity index is 1.70. The van der Waals surface area contributed by atoms with E-state index in [4.69, 9.17) is 9.47 Å². The quantitative estimate of drug-likeness (QED) is 0.634. The molecular formula is C26H39N2O2+. The lowest BCUT2D eigenvalue weighted by atomic mass is 9.68. The molecule has 0 bridgehead atoms. The zero-order valence-corrected chi connectivity index (χ0v) is 19.4. The van der Waals surface area contributed by atoms with Crippen LogP contribution in [0.3, 0.4) is 0 Å². The molecule has 4 nitrogen and oxygen atoms in total. The number of anilines is 1. The van der Waals surface area contributed by atoms with Gasteiger partial charge in [-0.1, -0.05) is 44.2 Å². The van der Waals surface area contributed by atoms with E-state index in [0.717, 1.165) is 44.7 Å². The molecule has 0 aromatic heterocycles. The van der Waals surface area contributed by atoms with E-state index in [1.165, 1.54) is 16.8 Å². The average molecular weight is 412 g/mol. The van der Waals surface area contributed by atoms with Crippen LogP contribution in [0.4, 0.5) is 5.69 Å². The van der Waals surface area contributed by atoms with Crippen LogP contribution in [0.15, 0.2) is 48.5 Å². The molecule has 0 unspecified atom stereocenters. The maximum Gasteiger partial charge on any atom is 0.122 e. The van der Waals surface area contributed by atoms with E-state index in [9.17, 15) is 0 Å². The minimum atomic E-state index is 0.116. The average Bonchev–Trinajstić information content (AvgIpc) is 2.77. The van der Waals surface area contributed by atoms with E-state index >= 15 is 0 Å². The third kappa shape index (κ3) is 5.35. The molecule has 30 heavy (non-hydrogen) atoms. The first-order valence-electron chi connectivity index (χ1n) is 11.3. The first-order valence-corrected chi connectivity index (χ1v) is 11.3. The second-order valence-corrected chi connectivity index (χ2v) is 9.18. The van der Waals surface area contributed by atoms with Crippen molar-refractivity contribution < 1.29 is 14.8 Å². The van der Waals surface area contributed by atoms with Gasteiger partial charge in [-0.05, 0) is 37.0 Å². The molecule has 4 heteroatoms. The molecule has 2 N–H and O–H groups in total. The monoisotopic (exact) mass is 411 g/mol. The second-order valence-electron chi connectivity index (χ2n) is 9.18. The number of rotatable bonds is 9. The highest BCUT2D eigenvalue weighted by atomic mass is 16.5. The number of nitrogens with two attached hydrogens (primary N) is 1. The zero-order valence-electron chi connectivity index (χ0n) is 19.4. The lowest BCUT2D eigenvalue weighted by Gasteiger charge is -2.43. The summed E-state index contributed by atoms with van der Waals surface area (Å²) < 4.78 is 11.9. The molecule has 0 radical (unpaired) electrons. The van der Waals surface area contributed by atoms with E-state index in [1.807, 2.05) is 0 Å². The van der Waals surface area contributed by atoms with Crippen LogP contribution in [0.5, 0.6) is 5.75 Å². The fourth-order valence-electron chi connectivity index (χ4n) is 4.65. The van der Waals surface area contributed by atoms with Crippen LogP contribution in [0.2, 0.25) is 0 Å². The molecule has 164 valence electrons. The Bertz CT molecular complexity index is 788. The van der Waals surface area contributed by atoms with Crippen LogP contribution in [0.1, 0.15) is 44.2 Å². The van der Waals surface area contributed by atoms with Crippen LogP contribution < -0.4 is 15.0 Å².